The maximum absolute atomic E-state index is 12.3. The van der Waals surface area contributed by atoms with Crippen LogP contribution in [0, 0.1) is 0 Å². The Morgan fingerprint density at radius 1 is 0.600 bits per heavy atom. The first kappa shape index (κ1) is 44.1. The first-order valence-corrected chi connectivity index (χ1v) is 20.3. The molecule has 0 rings (SSSR count). The number of rotatable bonds is 33. The van der Waals surface area contributed by atoms with E-state index in [4.69, 9.17) is 19.3 Å². The fraction of sp³-hybridized carbons (Fsp3) is 0.912. The third-order valence-corrected chi connectivity index (χ3v) is 9.11. The van der Waals surface area contributed by atoms with E-state index in [0.717, 1.165) is 50.7 Å². The molecule has 2 N–H and O–H groups in total. The van der Waals surface area contributed by atoms with Gasteiger partial charge in [0.15, 0.2) is 11.2 Å². The smallest absolute Gasteiger partial charge is 0.462 e. The van der Waals surface area contributed by atoms with Crippen LogP contribution in [0.2, 0.25) is 0 Å². The molecule has 1 atom stereocenters. The van der Waals surface area contributed by atoms with Crippen molar-refractivity contribution in [1.82, 2.24) is 0 Å². The summed E-state index contributed by atoms with van der Waals surface area (Å²) in [5, 5.41) is 0.199. The Hall–Kier alpha value is -0.930. The number of hydrogen-bond acceptors (Lipinski definition) is 8. The SMILES string of the molecule is CCCCCCCCCCCCCCC(=O)O[C@@H](COC(=O)CCCCCCCCCCCCCSC(C)=O)COP(=O)(O)O. The van der Waals surface area contributed by atoms with Crippen molar-refractivity contribution in [2.45, 2.75) is 180 Å². The molecule has 0 heterocycles. The second kappa shape index (κ2) is 31.7. The quantitative estimate of drug-likeness (QED) is 0.0392. The lowest BCUT2D eigenvalue weighted by atomic mass is 10.0. The van der Waals surface area contributed by atoms with Crippen LogP contribution >= 0.6 is 19.6 Å². The van der Waals surface area contributed by atoms with Crippen molar-refractivity contribution in [2.24, 2.45) is 0 Å². The predicted molar refractivity (Wildman–Crippen MR) is 183 cm³/mol. The van der Waals surface area contributed by atoms with Crippen molar-refractivity contribution >= 4 is 36.6 Å². The van der Waals surface area contributed by atoms with Gasteiger partial charge in [0.1, 0.15) is 6.61 Å². The van der Waals surface area contributed by atoms with Crippen LogP contribution in [0.25, 0.3) is 0 Å². The van der Waals surface area contributed by atoms with Crippen molar-refractivity contribution in [3.8, 4) is 0 Å². The minimum absolute atomic E-state index is 0.199. The first-order valence-electron chi connectivity index (χ1n) is 17.8. The van der Waals surface area contributed by atoms with E-state index in [0.29, 0.717) is 12.8 Å². The molecule has 0 amide bonds. The number of carbonyl (C=O) groups excluding carboxylic acids is 3. The lowest BCUT2D eigenvalue weighted by Crippen LogP contribution is -2.29. The highest BCUT2D eigenvalue weighted by Gasteiger charge is 2.22. The van der Waals surface area contributed by atoms with Gasteiger partial charge >= 0.3 is 19.8 Å². The Kier molecular flexibility index (Phi) is 31.0. The zero-order valence-electron chi connectivity index (χ0n) is 28.5. The average molecular weight is 681 g/mol. The number of unbranched alkanes of at least 4 members (excludes halogenated alkanes) is 21. The molecule has 11 heteroatoms. The molecule has 0 saturated carbocycles. The summed E-state index contributed by atoms with van der Waals surface area (Å²) in [5.74, 6) is 0.0256. The second-order valence-corrected chi connectivity index (χ2v) is 14.7. The highest BCUT2D eigenvalue weighted by Crippen LogP contribution is 2.36. The number of phosphoric acid groups is 1. The Morgan fingerprint density at radius 3 is 1.42 bits per heavy atom. The Bertz CT molecular complexity index is 775. The molecule has 0 aromatic carbocycles. The molecule has 266 valence electrons. The Morgan fingerprint density at radius 2 is 1.00 bits per heavy atom. The minimum atomic E-state index is -4.75. The molecule has 0 aromatic rings. The van der Waals surface area contributed by atoms with Crippen LogP contribution in [0.3, 0.4) is 0 Å². The van der Waals surface area contributed by atoms with Crippen molar-refractivity contribution < 1.29 is 42.7 Å². The molecule has 0 bridgehead atoms. The highest BCUT2D eigenvalue weighted by molar-refractivity contribution is 8.13. The molecule has 0 aromatic heterocycles. The first-order chi connectivity index (χ1) is 21.6. The second-order valence-electron chi connectivity index (χ2n) is 12.2. The van der Waals surface area contributed by atoms with Gasteiger partial charge in [-0.3, -0.25) is 18.9 Å². The fourth-order valence-corrected chi connectivity index (χ4v) is 6.08. The maximum atomic E-state index is 12.3. The lowest BCUT2D eigenvalue weighted by molar-refractivity contribution is -0.161. The predicted octanol–water partition coefficient (Wildman–Crippen LogP) is 9.60. The van der Waals surface area contributed by atoms with Gasteiger partial charge in [0, 0.05) is 25.5 Å². The fourth-order valence-electron chi connectivity index (χ4n) is 5.09. The van der Waals surface area contributed by atoms with E-state index in [2.05, 4.69) is 11.4 Å². The van der Waals surface area contributed by atoms with Gasteiger partial charge in [0.05, 0.1) is 6.61 Å². The molecule has 0 aliphatic heterocycles. The summed E-state index contributed by atoms with van der Waals surface area (Å²) in [7, 11) is -4.75. The van der Waals surface area contributed by atoms with Crippen molar-refractivity contribution in [1.29, 1.82) is 0 Å². The number of thioether (sulfide) groups is 1. The van der Waals surface area contributed by atoms with Gasteiger partial charge in [0.2, 0.25) is 0 Å². The summed E-state index contributed by atoms with van der Waals surface area (Å²) in [6.07, 6.45) is 25.9. The van der Waals surface area contributed by atoms with Gasteiger partial charge < -0.3 is 19.3 Å². The summed E-state index contributed by atoms with van der Waals surface area (Å²) >= 11 is 1.41. The zero-order chi connectivity index (χ0) is 33.4. The molecule has 0 aliphatic rings. The van der Waals surface area contributed by atoms with Crippen molar-refractivity contribution in [3.63, 3.8) is 0 Å². The Balaban J connectivity index is 3.93. The number of carbonyl (C=O) groups is 3. The van der Waals surface area contributed by atoms with Crippen LogP contribution < -0.4 is 0 Å². The van der Waals surface area contributed by atoms with Gasteiger partial charge in [-0.15, -0.1) is 0 Å². The normalized spacial score (nSPS) is 12.3. The van der Waals surface area contributed by atoms with E-state index in [1.54, 1.807) is 6.92 Å². The van der Waals surface area contributed by atoms with E-state index >= 15 is 0 Å². The molecule has 45 heavy (non-hydrogen) atoms. The van der Waals surface area contributed by atoms with Gasteiger partial charge in [-0.05, 0) is 19.3 Å². The van der Waals surface area contributed by atoms with Crippen LogP contribution in [0.4, 0.5) is 0 Å². The third-order valence-electron chi connectivity index (χ3n) is 7.72. The van der Waals surface area contributed by atoms with Gasteiger partial charge in [-0.1, -0.05) is 147 Å². The molecular formula is C34H65O9PS. The summed E-state index contributed by atoms with van der Waals surface area (Å²) < 4.78 is 26.2. The van der Waals surface area contributed by atoms with E-state index in [1.165, 1.54) is 102 Å². The minimum Gasteiger partial charge on any atom is -0.462 e. The van der Waals surface area contributed by atoms with E-state index in [-0.39, 0.29) is 24.6 Å². The third kappa shape index (κ3) is 35.8. The molecule has 0 spiro atoms. The maximum Gasteiger partial charge on any atom is 0.469 e. The summed E-state index contributed by atoms with van der Waals surface area (Å²) in [5.41, 5.74) is 0. The molecular weight excluding hydrogens is 615 g/mol. The number of phosphoric ester groups is 1. The van der Waals surface area contributed by atoms with Crippen molar-refractivity contribution in [3.05, 3.63) is 0 Å². The summed E-state index contributed by atoms with van der Waals surface area (Å²) in [6.45, 7) is 3.01. The average Bonchev–Trinajstić information content (AvgIpc) is 2.98. The monoisotopic (exact) mass is 680 g/mol. The number of esters is 2. The van der Waals surface area contributed by atoms with Gasteiger partial charge in [0.25, 0.3) is 0 Å². The van der Waals surface area contributed by atoms with Crippen LogP contribution in [-0.4, -0.2) is 51.9 Å². The van der Waals surface area contributed by atoms with Crippen LogP contribution in [-0.2, 0) is 32.9 Å². The highest BCUT2D eigenvalue weighted by atomic mass is 32.2. The topological polar surface area (TPSA) is 136 Å². The molecule has 0 aliphatic carbocycles. The van der Waals surface area contributed by atoms with E-state index < -0.39 is 32.5 Å². The van der Waals surface area contributed by atoms with E-state index in [1.807, 2.05) is 0 Å². The number of hydrogen-bond donors (Lipinski definition) is 2. The zero-order valence-corrected chi connectivity index (χ0v) is 30.2. The van der Waals surface area contributed by atoms with Crippen molar-refractivity contribution in [2.75, 3.05) is 19.0 Å². The van der Waals surface area contributed by atoms with Gasteiger partial charge in [-0.25, -0.2) is 4.57 Å². The summed E-state index contributed by atoms with van der Waals surface area (Å²) in [4.78, 5) is 53.5. The molecule has 0 fully saturated rings. The van der Waals surface area contributed by atoms with E-state index in [9.17, 15) is 18.9 Å². The Labute approximate surface area is 278 Å². The molecule has 0 radical (unpaired) electrons. The van der Waals surface area contributed by atoms with Crippen LogP contribution in [0.15, 0.2) is 0 Å². The molecule has 0 saturated heterocycles. The lowest BCUT2D eigenvalue weighted by Gasteiger charge is -2.18. The molecule has 9 nitrogen and oxygen atoms in total. The van der Waals surface area contributed by atoms with Crippen LogP contribution in [0.5, 0.6) is 0 Å². The number of ether oxygens (including phenoxy) is 2. The summed E-state index contributed by atoms with van der Waals surface area (Å²) in [6, 6.07) is 0. The van der Waals surface area contributed by atoms with Crippen LogP contribution in [0.1, 0.15) is 174 Å². The standard InChI is InChI=1S/C34H65O9PS/c1-3-4-5-6-7-8-9-11-15-18-21-24-27-34(37)43-32(30-42-44(38,39)40)29-41-33(36)26-23-20-17-14-12-10-13-16-19-22-25-28-45-31(2)35/h32H,3-30H2,1-2H3,(H2,38,39,40)/t32-/m0/s1. The largest absolute Gasteiger partial charge is 0.469 e. The molecule has 0 unspecified atom stereocenters. The van der Waals surface area contributed by atoms with Gasteiger partial charge in [-0.2, -0.15) is 0 Å².